The zero-order valence-electron chi connectivity index (χ0n) is 21.8. The van der Waals surface area contributed by atoms with E-state index >= 15 is 0 Å². The van der Waals surface area contributed by atoms with Crippen LogP contribution in [0.1, 0.15) is 49.1 Å². The largest absolute Gasteiger partial charge is 0.497 e. The van der Waals surface area contributed by atoms with Crippen LogP contribution in [-0.2, 0) is 15.0 Å². The Morgan fingerprint density at radius 2 is 1.58 bits per heavy atom. The standard InChI is InChI=1S/C30H30N2O4S2/c1-30(2,3)15-7-5-14(6-8-15)20-21-18-13-19(24(21)37-26-25(20)38-29(35)31-26)23-22(18)27(33)32(28(23)34)16-9-11-17(36-4)12-10-16/h5-12,18-24H,13H2,1-4H3,(H,31,35)/t18-,19+,20+,21+,22+,23+,24+/m0/s1. The van der Waals surface area contributed by atoms with Crippen LogP contribution in [0, 0.1) is 29.6 Å². The molecular weight excluding hydrogens is 516 g/mol. The van der Waals surface area contributed by atoms with E-state index in [9.17, 15) is 14.4 Å². The van der Waals surface area contributed by atoms with Crippen LogP contribution in [0.2, 0.25) is 0 Å². The van der Waals surface area contributed by atoms with E-state index in [0.717, 1.165) is 16.3 Å². The van der Waals surface area contributed by atoms with Gasteiger partial charge in [0.25, 0.3) is 0 Å². The number of nitrogens with one attached hydrogen (secondary N) is 1. The number of amides is 2. The number of ether oxygens (including phenoxy) is 1. The first kappa shape index (κ1) is 24.2. The molecule has 3 heterocycles. The van der Waals surface area contributed by atoms with Crippen LogP contribution in [0.25, 0.3) is 0 Å². The van der Waals surface area contributed by atoms with Crippen molar-refractivity contribution in [1.82, 2.24) is 4.98 Å². The fraction of sp³-hybridized carbons (Fsp3) is 0.433. The van der Waals surface area contributed by atoms with Gasteiger partial charge < -0.3 is 9.72 Å². The number of aromatic nitrogens is 1. The van der Waals surface area contributed by atoms with Crippen molar-refractivity contribution in [1.29, 1.82) is 0 Å². The summed E-state index contributed by atoms with van der Waals surface area (Å²) in [4.78, 5) is 45.7. The summed E-state index contributed by atoms with van der Waals surface area (Å²) in [5.41, 5.74) is 3.13. The number of carbonyl (C=O) groups excluding carboxylic acids is 2. The minimum atomic E-state index is -0.301. The molecule has 3 aromatic rings. The van der Waals surface area contributed by atoms with E-state index in [1.807, 2.05) is 0 Å². The van der Waals surface area contributed by atoms with Crippen molar-refractivity contribution < 1.29 is 14.3 Å². The number of carbonyl (C=O) groups is 2. The summed E-state index contributed by atoms with van der Waals surface area (Å²) in [6, 6.07) is 16.0. The van der Waals surface area contributed by atoms with Gasteiger partial charge >= 0.3 is 4.87 Å². The molecule has 2 aromatic carbocycles. The van der Waals surface area contributed by atoms with Crippen molar-refractivity contribution >= 4 is 40.6 Å². The Balaban J connectivity index is 1.29. The SMILES string of the molecule is COc1ccc(N2C(=O)[C@@H]3[C@H]4C[C@@H]([C@H]5Sc6[nH]c(=O)sc6[C@H](c6ccc(C(C)(C)C)cc6)[C@@H]45)[C@H]3C2=O)cc1. The molecule has 4 aliphatic rings. The Morgan fingerprint density at radius 3 is 2.21 bits per heavy atom. The number of nitrogens with zero attached hydrogens (tertiary/aromatic N) is 1. The third-order valence-electron chi connectivity index (χ3n) is 9.19. The second-order valence-corrected chi connectivity index (χ2v) is 14.2. The highest BCUT2D eigenvalue weighted by atomic mass is 32.2. The molecule has 3 fully saturated rings. The van der Waals surface area contributed by atoms with Crippen molar-refractivity contribution in [2.24, 2.45) is 29.6 Å². The number of anilines is 1. The molecule has 6 nitrogen and oxygen atoms in total. The summed E-state index contributed by atoms with van der Waals surface area (Å²) in [5, 5.41) is 1.14. The molecule has 196 valence electrons. The number of thiazole rings is 1. The smallest absolute Gasteiger partial charge is 0.305 e. The number of hydrogen-bond acceptors (Lipinski definition) is 6. The van der Waals surface area contributed by atoms with Crippen molar-refractivity contribution in [3.63, 3.8) is 0 Å². The molecule has 7 rings (SSSR count). The van der Waals surface area contributed by atoms with E-state index in [-0.39, 0.29) is 62.9 Å². The Kier molecular flexibility index (Phi) is 5.31. The summed E-state index contributed by atoms with van der Waals surface area (Å²) in [6.07, 6.45) is 0.890. The summed E-state index contributed by atoms with van der Waals surface area (Å²) >= 11 is 3.03. The molecule has 0 radical (unpaired) electrons. The number of aromatic amines is 1. The van der Waals surface area contributed by atoms with Crippen LogP contribution in [-0.4, -0.2) is 29.2 Å². The normalized spacial score (nSPS) is 31.4. The highest BCUT2D eigenvalue weighted by Crippen LogP contribution is 2.68. The fourth-order valence-electron chi connectivity index (χ4n) is 7.57. The van der Waals surface area contributed by atoms with Gasteiger partial charge in [-0.2, -0.15) is 0 Å². The van der Waals surface area contributed by atoms with Crippen molar-refractivity contribution in [2.45, 2.75) is 48.8 Å². The van der Waals surface area contributed by atoms with Gasteiger partial charge in [0.2, 0.25) is 11.8 Å². The van der Waals surface area contributed by atoms with Gasteiger partial charge in [-0.15, -0.1) is 11.8 Å². The minimum absolute atomic E-state index is 0.0378. The van der Waals surface area contributed by atoms with Gasteiger partial charge in [0.1, 0.15) is 5.75 Å². The Hall–Kier alpha value is -2.84. The molecule has 2 aliphatic heterocycles. The number of H-pyrrole nitrogens is 1. The molecular formula is C30H30N2O4S2. The lowest BCUT2D eigenvalue weighted by molar-refractivity contribution is -0.123. The number of fused-ring (bicyclic) bond motifs is 9. The topological polar surface area (TPSA) is 79.5 Å². The van der Waals surface area contributed by atoms with Crippen LogP contribution >= 0.6 is 23.1 Å². The third-order valence-corrected chi connectivity index (χ3v) is 11.8. The van der Waals surface area contributed by atoms with E-state index in [0.29, 0.717) is 11.4 Å². The van der Waals surface area contributed by atoms with Gasteiger partial charge in [-0.3, -0.25) is 19.3 Å². The van der Waals surface area contributed by atoms with Crippen LogP contribution in [0.15, 0.2) is 58.4 Å². The quantitative estimate of drug-likeness (QED) is 0.444. The molecule has 1 N–H and O–H groups in total. The molecule has 7 atom stereocenters. The predicted octanol–water partition coefficient (Wildman–Crippen LogP) is 5.42. The number of thioether (sulfide) groups is 1. The van der Waals surface area contributed by atoms with Gasteiger partial charge in [0.05, 0.1) is 29.7 Å². The van der Waals surface area contributed by atoms with E-state index in [1.165, 1.54) is 27.4 Å². The molecule has 0 spiro atoms. The average Bonchev–Trinajstić information content (AvgIpc) is 3.62. The number of benzene rings is 2. The zero-order chi connectivity index (χ0) is 26.5. The molecule has 2 saturated carbocycles. The Bertz CT molecular complexity index is 1500. The third kappa shape index (κ3) is 3.35. The summed E-state index contributed by atoms with van der Waals surface area (Å²) < 4.78 is 5.26. The maximum atomic E-state index is 13.9. The highest BCUT2D eigenvalue weighted by Gasteiger charge is 2.69. The Labute approximate surface area is 229 Å². The van der Waals surface area contributed by atoms with Crippen LogP contribution in [0.5, 0.6) is 5.75 Å². The van der Waals surface area contributed by atoms with E-state index in [4.69, 9.17) is 4.74 Å². The molecule has 2 amide bonds. The van der Waals surface area contributed by atoms with Crippen molar-refractivity contribution in [2.75, 3.05) is 12.0 Å². The van der Waals surface area contributed by atoms with Crippen LogP contribution in [0.4, 0.5) is 5.69 Å². The zero-order valence-corrected chi connectivity index (χ0v) is 23.4. The molecule has 2 aliphatic carbocycles. The second-order valence-electron chi connectivity index (χ2n) is 12.0. The van der Waals surface area contributed by atoms with Gasteiger partial charge in [-0.1, -0.05) is 56.4 Å². The second kappa shape index (κ2) is 8.33. The van der Waals surface area contributed by atoms with E-state index < -0.39 is 0 Å². The first-order chi connectivity index (χ1) is 18.2. The maximum absolute atomic E-state index is 13.9. The van der Waals surface area contributed by atoms with Crippen molar-refractivity contribution in [3.8, 4) is 5.75 Å². The van der Waals surface area contributed by atoms with Crippen LogP contribution in [0.3, 0.4) is 0 Å². The van der Waals surface area contributed by atoms with Gasteiger partial charge in [-0.25, -0.2) is 0 Å². The lowest BCUT2D eigenvalue weighted by Gasteiger charge is -2.43. The molecule has 1 saturated heterocycles. The molecule has 8 heteroatoms. The molecule has 2 bridgehead atoms. The van der Waals surface area contributed by atoms with Gasteiger partial charge in [0.15, 0.2) is 0 Å². The van der Waals surface area contributed by atoms with Crippen LogP contribution < -0.4 is 14.5 Å². The average molecular weight is 547 g/mol. The molecule has 38 heavy (non-hydrogen) atoms. The lowest BCUT2D eigenvalue weighted by Crippen LogP contribution is -2.42. The number of rotatable bonds is 3. The summed E-state index contributed by atoms with van der Waals surface area (Å²) in [5.74, 6) is 0.428. The fourth-order valence-corrected chi connectivity index (χ4v) is 10.5. The minimum Gasteiger partial charge on any atom is -0.497 e. The van der Waals surface area contributed by atoms with Gasteiger partial charge in [-0.05, 0) is 65.0 Å². The predicted molar refractivity (Wildman–Crippen MR) is 149 cm³/mol. The van der Waals surface area contributed by atoms with Crippen molar-refractivity contribution in [3.05, 3.63) is 74.2 Å². The lowest BCUT2D eigenvalue weighted by atomic mass is 9.68. The summed E-state index contributed by atoms with van der Waals surface area (Å²) in [7, 11) is 1.60. The first-order valence-corrected chi connectivity index (χ1v) is 14.9. The monoisotopic (exact) mass is 546 g/mol. The maximum Gasteiger partial charge on any atom is 0.305 e. The summed E-state index contributed by atoms with van der Waals surface area (Å²) in [6.45, 7) is 6.62. The number of hydrogen-bond donors (Lipinski definition) is 1. The van der Waals surface area contributed by atoms with Gasteiger partial charge in [0, 0.05) is 16.0 Å². The number of methoxy groups -OCH3 is 1. The van der Waals surface area contributed by atoms with E-state index in [2.05, 4.69) is 50.0 Å². The number of imide groups is 1. The Morgan fingerprint density at radius 1 is 0.921 bits per heavy atom. The highest BCUT2D eigenvalue weighted by molar-refractivity contribution is 8.00. The first-order valence-electron chi connectivity index (χ1n) is 13.2. The molecule has 0 unspecified atom stereocenters. The molecule has 1 aromatic heterocycles. The van der Waals surface area contributed by atoms with E-state index in [1.54, 1.807) is 43.1 Å².